The van der Waals surface area contributed by atoms with E-state index < -0.39 is 10.8 Å². The van der Waals surface area contributed by atoms with Crippen LogP contribution in [0.2, 0.25) is 5.02 Å². The van der Waals surface area contributed by atoms with E-state index >= 15 is 0 Å². The maximum Gasteiger partial charge on any atom is 0.272 e. The Hall–Kier alpha value is -3.11. The zero-order valence-electron chi connectivity index (χ0n) is 12.6. The average Bonchev–Trinajstić information content (AvgIpc) is 2.53. The Morgan fingerprint density at radius 2 is 2.12 bits per heavy atom. The standard InChI is InChI=1S/C16H12ClN3O4/c1-10-6-13(4-5-15(10)20(22)23)24-9-16(21)19-12-3-2-11(8-18)14(17)7-12/h2-7H,9H2,1H3,(H,19,21). The molecular weight excluding hydrogens is 334 g/mol. The van der Waals surface area contributed by atoms with Crippen LogP contribution in [0.25, 0.3) is 0 Å². The molecule has 0 fully saturated rings. The molecule has 0 saturated carbocycles. The summed E-state index contributed by atoms with van der Waals surface area (Å²) in [6, 6.07) is 10.7. The Labute approximate surface area is 142 Å². The predicted molar refractivity (Wildman–Crippen MR) is 88.1 cm³/mol. The van der Waals surface area contributed by atoms with Gasteiger partial charge in [-0.25, -0.2) is 0 Å². The second-order valence-electron chi connectivity index (χ2n) is 4.85. The molecule has 24 heavy (non-hydrogen) atoms. The third-order valence-corrected chi connectivity index (χ3v) is 3.42. The number of aryl methyl sites for hydroxylation is 1. The summed E-state index contributed by atoms with van der Waals surface area (Å²) >= 11 is 5.88. The molecule has 8 heteroatoms. The van der Waals surface area contributed by atoms with Crippen LogP contribution >= 0.6 is 11.6 Å². The minimum Gasteiger partial charge on any atom is -0.484 e. The maximum atomic E-state index is 11.9. The lowest BCUT2D eigenvalue weighted by Crippen LogP contribution is -2.20. The third-order valence-electron chi connectivity index (χ3n) is 3.11. The molecule has 1 amide bonds. The zero-order valence-corrected chi connectivity index (χ0v) is 13.3. The molecule has 0 aliphatic heterocycles. The molecule has 2 aromatic rings. The van der Waals surface area contributed by atoms with Gasteiger partial charge in [0, 0.05) is 17.3 Å². The molecule has 122 valence electrons. The summed E-state index contributed by atoms with van der Waals surface area (Å²) in [6.45, 7) is 1.32. The van der Waals surface area contributed by atoms with Crippen molar-refractivity contribution in [1.29, 1.82) is 5.26 Å². The van der Waals surface area contributed by atoms with Crippen molar-refractivity contribution < 1.29 is 14.5 Å². The van der Waals surface area contributed by atoms with Crippen molar-refractivity contribution in [2.75, 3.05) is 11.9 Å². The average molecular weight is 346 g/mol. The fourth-order valence-corrected chi connectivity index (χ4v) is 2.17. The van der Waals surface area contributed by atoms with E-state index in [1.54, 1.807) is 13.0 Å². The monoisotopic (exact) mass is 345 g/mol. The van der Waals surface area contributed by atoms with Gasteiger partial charge in [0.25, 0.3) is 11.6 Å². The molecule has 0 aliphatic rings. The van der Waals surface area contributed by atoms with E-state index in [1.807, 2.05) is 6.07 Å². The van der Waals surface area contributed by atoms with Crippen LogP contribution in [0.4, 0.5) is 11.4 Å². The number of hydrogen-bond acceptors (Lipinski definition) is 5. The minimum atomic E-state index is -0.486. The van der Waals surface area contributed by atoms with Gasteiger partial charge in [0.1, 0.15) is 11.8 Å². The van der Waals surface area contributed by atoms with E-state index in [9.17, 15) is 14.9 Å². The fourth-order valence-electron chi connectivity index (χ4n) is 1.95. The number of hydrogen-bond donors (Lipinski definition) is 1. The Morgan fingerprint density at radius 1 is 1.38 bits per heavy atom. The first-order valence-electron chi connectivity index (χ1n) is 6.78. The van der Waals surface area contributed by atoms with Gasteiger partial charge in [0.15, 0.2) is 6.61 Å². The fraction of sp³-hybridized carbons (Fsp3) is 0.125. The van der Waals surface area contributed by atoms with Gasteiger partial charge in [-0.2, -0.15) is 5.26 Å². The Balaban J connectivity index is 1.96. The van der Waals surface area contributed by atoms with E-state index in [0.29, 0.717) is 22.6 Å². The third kappa shape index (κ3) is 4.21. The number of nitro benzene ring substituents is 1. The lowest BCUT2D eigenvalue weighted by molar-refractivity contribution is -0.385. The number of carbonyl (C=O) groups is 1. The summed E-state index contributed by atoms with van der Waals surface area (Å²) in [6.07, 6.45) is 0. The van der Waals surface area contributed by atoms with Gasteiger partial charge in [-0.15, -0.1) is 0 Å². The lowest BCUT2D eigenvalue weighted by Gasteiger charge is -2.09. The highest BCUT2D eigenvalue weighted by Gasteiger charge is 2.12. The summed E-state index contributed by atoms with van der Waals surface area (Å²) in [5.74, 6) is -0.0714. The van der Waals surface area contributed by atoms with Crippen LogP contribution in [0.5, 0.6) is 5.75 Å². The summed E-state index contributed by atoms with van der Waals surface area (Å²) < 4.78 is 5.31. The van der Waals surface area contributed by atoms with Crippen molar-refractivity contribution >= 4 is 28.9 Å². The predicted octanol–water partition coefficient (Wildman–Crippen LogP) is 3.45. The van der Waals surface area contributed by atoms with E-state index in [1.165, 1.54) is 30.3 Å². The van der Waals surface area contributed by atoms with Crippen LogP contribution in [-0.2, 0) is 4.79 Å². The molecule has 2 rings (SSSR count). The van der Waals surface area contributed by atoms with Crippen molar-refractivity contribution in [3.8, 4) is 11.8 Å². The Kier molecular flexibility index (Phi) is 5.35. The normalized spacial score (nSPS) is 9.88. The quantitative estimate of drug-likeness (QED) is 0.660. The number of anilines is 1. The summed E-state index contributed by atoms with van der Waals surface area (Å²) in [7, 11) is 0. The van der Waals surface area contributed by atoms with Crippen molar-refractivity contribution in [3.63, 3.8) is 0 Å². The van der Waals surface area contributed by atoms with Crippen molar-refractivity contribution in [2.45, 2.75) is 6.92 Å². The van der Waals surface area contributed by atoms with E-state index in [0.717, 1.165) is 0 Å². The molecule has 0 atom stereocenters. The molecule has 2 aromatic carbocycles. The Morgan fingerprint density at radius 3 is 2.71 bits per heavy atom. The Bertz CT molecular complexity index is 846. The molecular formula is C16H12ClN3O4. The zero-order chi connectivity index (χ0) is 17.7. The van der Waals surface area contributed by atoms with Crippen LogP contribution in [0.15, 0.2) is 36.4 Å². The van der Waals surface area contributed by atoms with E-state index in [4.69, 9.17) is 21.6 Å². The van der Waals surface area contributed by atoms with Crippen LogP contribution in [0, 0.1) is 28.4 Å². The van der Waals surface area contributed by atoms with E-state index in [2.05, 4.69) is 5.32 Å². The van der Waals surface area contributed by atoms with Gasteiger partial charge in [-0.1, -0.05) is 11.6 Å². The number of benzene rings is 2. The summed E-state index contributed by atoms with van der Waals surface area (Å²) in [5, 5.41) is 22.4. The van der Waals surface area contributed by atoms with Crippen LogP contribution in [0.1, 0.15) is 11.1 Å². The van der Waals surface area contributed by atoms with Crippen LogP contribution in [-0.4, -0.2) is 17.4 Å². The number of nitro groups is 1. The van der Waals surface area contributed by atoms with Gasteiger partial charge in [0.05, 0.1) is 15.5 Å². The molecule has 0 bridgehead atoms. The molecule has 7 nitrogen and oxygen atoms in total. The number of rotatable bonds is 5. The van der Waals surface area contributed by atoms with E-state index in [-0.39, 0.29) is 17.3 Å². The van der Waals surface area contributed by atoms with Crippen molar-refractivity contribution in [3.05, 3.63) is 62.7 Å². The van der Waals surface area contributed by atoms with Gasteiger partial charge in [-0.3, -0.25) is 14.9 Å². The second kappa shape index (κ2) is 7.44. The van der Waals surface area contributed by atoms with Crippen molar-refractivity contribution in [2.24, 2.45) is 0 Å². The SMILES string of the molecule is Cc1cc(OCC(=O)Nc2ccc(C#N)c(Cl)c2)ccc1[N+](=O)[O-]. The minimum absolute atomic E-state index is 0.0148. The highest BCUT2D eigenvalue weighted by molar-refractivity contribution is 6.32. The first-order valence-corrected chi connectivity index (χ1v) is 7.16. The molecule has 0 unspecified atom stereocenters. The van der Waals surface area contributed by atoms with Gasteiger partial charge >= 0.3 is 0 Å². The second-order valence-corrected chi connectivity index (χ2v) is 5.26. The molecule has 0 aliphatic carbocycles. The first-order chi connectivity index (χ1) is 11.4. The number of ether oxygens (including phenoxy) is 1. The highest BCUT2D eigenvalue weighted by Crippen LogP contribution is 2.23. The molecule has 0 radical (unpaired) electrons. The number of amides is 1. The largest absolute Gasteiger partial charge is 0.484 e. The number of carbonyl (C=O) groups excluding carboxylic acids is 1. The number of nitriles is 1. The molecule has 0 saturated heterocycles. The van der Waals surface area contributed by atoms with Crippen LogP contribution in [0.3, 0.4) is 0 Å². The van der Waals surface area contributed by atoms with Crippen molar-refractivity contribution in [1.82, 2.24) is 0 Å². The topological polar surface area (TPSA) is 105 Å². The summed E-state index contributed by atoms with van der Waals surface area (Å²) in [5.41, 5.74) is 1.18. The molecule has 0 aromatic heterocycles. The number of nitrogens with one attached hydrogen (secondary N) is 1. The van der Waals surface area contributed by atoms with Gasteiger partial charge < -0.3 is 10.1 Å². The molecule has 1 N–H and O–H groups in total. The smallest absolute Gasteiger partial charge is 0.272 e. The van der Waals surface area contributed by atoms with Crippen LogP contribution < -0.4 is 10.1 Å². The molecule has 0 spiro atoms. The molecule has 0 heterocycles. The number of halogens is 1. The lowest BCUT2D eigenvalue weighted by atomic mass is 10.2. The summed E-state index contributed by atoms with van der Waals surface area (Å²) in [4.78, 5) is 22.1. The number of nitrogens with zero attached hydrogens (tertiary/aromatic N) is 2. The van der Waals surface area contributed by atoms with Gasteiger partial charge in [-0.05, 0) is 37.3 Å². The van der Waals surface area contributed by atoms with Gasteiger partial charge in [0.2, 0.25) is 0 Å². The highest BCUT2D eigenvalue weighted by atomic mass is 35.5. The first kappa shape index (κ1) is 17.2. The maximum absolute atomic E-state index is 11.9.